The molecule has 0 amide bonds. The molecule has 26 heavy (non-hydrogen) atoms. The van der Waals surface area contributed by atoms with E-state index in [2.05, 4.69) is 20.8 Å². The lowest BCUT2D eigenvalue weighted by Gasteiger charge is -2.32. The molecular formula is C20H34O6. The van der Waals surface area contributed by atoms with Gasteiger partial charge in [0.1, 0.15) is 13.2 Å². The number of aliphatic carboxylic acids is 1. The van der Waals surface area contributed by atoms with Crippen molar-refractivity contribution < 1.29 is 29.0 Å². The van der Waals surface area contributed by atoms with E-state index >= 15 is 0 Å². The zero-order chi connectivity index (χ0) is 20.0. The highest BCUT2D eigenvalue weighted by atomic mass is 16.6. The summed E-state index contributed by atoms with van der Waals surface area (Å²) in [4.78, 5) is 35.9. The van der Waals surface area contributed by atoms with Crippen molar-refractivity contribution in [1.29, 1.82) is 0 Å². The molecule has 0 spiro atoms. The van der Waals surface area contributed by atoms with E-state index in [9.17, 15) is 19.5 Å². The van der Waals surface area contributed by atoms with Gasteiger partial charge in [-0.25, -0.2) is 0 Å². The maximum Gasteiger partial charge on any atom is 0.311 e. The Morgan fingerprint density at radius 2 is 1.50 bits per heavy atom. The number of carbonyl (C=O) groups is 3. The van der Waals surface area contributed by atoms with Crippen molar-refractivity contribution in [3.05, 3.63) is 0 Å². The SMILES string of the molecule is CCC(C)(CC(C)(C)C)C(=O)OCCOC(=O)C1CCCCC1C(=O)O. The minimum absolute atomic E-state index is 0.00305. The molecule has 0 saturated heterocycles. The molecule has 6 heteroatoms. The summed E-state index contributed by atoms with van der Waals surface area (Å²) in [5.41, 5.74) is -0.566. The third-order valence-electron chi connectivity index (χ3n) is 5.14. The van der Waals surface area contributed by atoms with Crippen LogP contribution >= 0.6 is 0 Å². The molecule has 1 rings (SSSR count). The van der Waals surface area contributed by atoms with Gasteiger partial charge >= 0.3 is 17.9 Å². The summed E-state index contributed by atoms with van der Waals surface area (Å²) in [7, 11) is 0. The first kappa shape index (κ1) is 22.5. The van der Waals surface area contributed by atoms with Crippen LogP contribution in [0.2, 0.25) is 0 Å². The Kier molecular flexibility index (Phi) is 8.10. The number of hydrogen-bond acceptors (Lipinski definition) is 5. The molecular weight excluding hydrogens is 336 g/mol. The van der Waals surface area contributed by atoms with E-state index in [0.29, 0.717) is 25.7 Å². The first-order valence-electron chi connectivity index (χ1n) is 9.57. The molecule has 0 aromatic heterocycles. The predicted molar refractivity (Wildman–Crippen MR) is 97.5 cm³/mol. The molecule has 0 heterocycles. The zero-order valence-electron chi connectivity index (χ0n) is 16.8. The van der Waals surface area contributed by atoms with E-state index in [-0.39, 0.29) is 24.6 Å². The normalized spacial score (nSPS) is 23.0. The van der Waals surface area contributed by atoms with Gasteiger partial charge in [-0.1, -0.05) is 40.5 Å². The highest BCUT2D eigenvalue weighted by molar-refractivity contribution is 5.81. The largest absolute Gasteiger partial charge is 0.481 e. The zero-order valence-corrected chi connectivity index (χ0v) is 16.8. The van der Waals surface area contributed by atoms with E-state index in [0.717, 1.165) is 12.8 Å². The minimum Gasteiger partial charge on any atom is -0.481 e. The van der Waals surface area contributed by atoms with Gasteiger partial charge in [0, 0.05) is 0 Å². The molecule has 6 nitrogen and oxygen atoms in total. The molecule has 0 bridgehead atoms. The van der Waals surface area contributed by atoms with Gasteiger partial charge in [0.15, 0.2) is 0 Å². The van der Waals surface area contributed by atoms with Gasteiger partial charge in [0.2, 0.25) is 0 Å². The number of rotatable bonds is 8. The lowest BCUT2D eigenvalue weighted by atomic mass is 9.73. The van der Waals surface area contributed by atoms with E-state index in [1.165, 1.54) is 0 Å². The predicted octanol–water partition coefficient (Wildman–Crippen LogP) is 3.82. The number of ether oxygens (including phenoxy) is 2. The number of esters is 2. The summed E-state index contributed by atoms with van der Waals surface area (Å²) in [6.45, 7) is 10.1. The maximum atomic E-state index is 12.4. The molecule has 0 aromatic rings. The van der Waals surface area contributed by atoms with Crippen molar-refractivity contribution >= 4 is 17.9 Å². The van der Waals surface area contributed by atoms with Crippen molar-refractivity contribution in [3.8, 4) is 0 Å². The Morgan fingerprint density at radius 1 is 0.962 bits per heavy atom. The molecule has 3 atom stereocenters. The van der Waals surface area contributed by atoms with Crippen molar-refractivity contribution in [1.82, 2.24) is 0 Å². The summed E-state index contributed by atoms with van der Waals surface area (Å²) in [6, 6.07) is 0. The van der Waals surface area contributed by atoms with Gasteiger partial charge in [-0.2, -0.15) is 0 Å². The second-order valence-electron chi connectivity index (χ2n) is 8.79. The number of carboxylic acids is 1. The quantitative estimate of drug-likeness (QED) is 0.516. The maximum absolute atomic E-state index is 12.4. The summed E-state index contributed by atoms with van der Waals surface area (Å²) in [6.07, 6.45) is 4.07. The van der Waals surface area contributed by atoms with Crippen molar-refractivity contribution in [2.24, 2.45) is 22.7 Å². The van der Waals surface area contributed by atoms with Crippen LogP contribution in [0.4, 0.5) is 0 Å². The summed E-state index contributed by atoms with van der Waals surface area (Å²) < 4.78 is 10.5. The van der Waals surface area contributed by atoms with E-state index in [1.807, 2.05) is 13.8 Å². The Morgan fingerprint density at radius 3 is 2.00 bits per heavy atom. The van der Waals surface area contributed by atoms with Gasteiger partial charge in [-0.05, 0) is 38.0 Å². The van der Waals surface area contributed by atoms with Crippen LogP contribution < -0.4 is 0 Å². The minimum atomic E-state index is -0.945. The second kappa shape index (κ2) is 9.38. The standard InChI is InChI=1S/C20H34O6/c1-6-20(5,13-19(2,3)4)18(24)26-12-11-25-17(23)15-10-8-7-9-14(15)16(21)22/h14-15H,6-13H2,1-5H3,(H,21,22). The molecule has 150 valence electrons. The van der Waals surface area contributed by atoms with E-state index in [4.69, 9.17) is 9.47 Å². The molecule has 1 saturated carbocycles. The third-order valence-corrected chi connectivity index (χ3v) is 5.14. The number of carbonyl (C=O) groups excluding carboxylic acids is 2. The molecule has 1 N–H and O–H groups in total. The fourth-order valence-corrected chi connectivity index (χ4v) is 3.78. The highest BCUT2D eigenvalue weighted by Gasteiger charge is 2.38. The van der Waals surface area contributed by atoms with E-state index < -0.39 is 29.2 Å². The molecule has 1 fully saturated rings. The van der Waals surface area contributed by atoms with Gasteiger partial charge in [-0.3, -0.25) is 14.4 Å². The number of carboxylic acid groups (broad SMARTS) is 1. The average Bonchev–Trinajstić information content (AvgIpc) is 2.56. The highest BCUT2D eigenvalue weighted by Crippen LogP contribution is 2.37. The molecule has 1 aliphatic carbocycles. The fraction of sp³-hybridized carbons (Fsp3) is 0.850. The Hall–Kier alpha value is -1.59. The van der Waals surface area contributed by atoms with Crippen LogP contribution in [0.1, 0.15) is 73.1 Å². The Balaban J connectivity index is 2.46. The van der Waals surface area contributed by atoms with Crippen LogP contribution in [0, 0.1) is 22.7 Å². The Labute approximate surface area is 156 Å². The monoisotopic (exact) mass is 370 g/mol. The first-order valence-corrected chi connectivity index (χ1v) is 9.57. The van der Waals surface area contributed by atoms with Crippen LogP contribution in [-0.2, 0) is 23.9 Å². The summed E-state index contributed by atoms with van der Waals surface area (Å²) in [5.74, 6) is -3.00. The van der Waals surface area contributed by atoms with Crippen LogP contribution in [-0.4, -0.2) is 36.2 Å². The molecule has 0 aliphatic heterocycles. The van der Waals surface area contributed by atoms with Crippen molar-refractivity contribution in [3.63, 3.8) is 0 Å². The molecule has 0 radical (unpaired) electrons. The summed E-state index contributed by atoms with van der Waals surface area (Å²) >= 11 is 0. The summed E-state index contributed by atoms with van der Waals surface area (Å²) in [5, 5.41) is 9.23. The fourth-order valence-electron chi connectivity index (χ4n) is 3.78. The first-order chi connectivity index (χ1) is 12.0. The van der Waals surface area contributed by atoms with Crippen molar-refractivity contribution in [2.75, 3.05) is 13.2 Å². The van der Waals surface area contributed by atoms with Crippen LogP contribution in [0.3, 0.4) is 0 Å². The van der Waals surface area contributed by atoms with Gasteiger partial charge < -0.3 is 14.6 Å². The Bertz CT molecular complexity index is 507. The molecule has 3 unspecified atom stereocenters. The van der Waals surface area contributed by atoms with E-state index in [1.54, 1.807) is 0 Å². The molecule has 1 aliphatic rings. The smallest absolute Gasteiger partial charge is 0.311 e. The number of hydrogen-bond donors (Lipinski definition) is 1. The van der Waals surface area contributed by atoms with Gasteiger partial charge in [0.05, 0.1) is 17.3 Å². The van der Waals surface area contributed by atoms with Gasteiger partial charge in [0.25, 0.3) is 0 Å². The lowest BCUT2D eigenvalue weighted by Crippen LogP contribution is -2.35. The van der Waals surface area contributed by atoms with Crippen molar-refractivity contribution in [2.45, 2.75) is 73.1 Å². The van der Waals surface area contributed by atoms with Crippen LogP contribution in [0.15, 0.2) is 0 Å². The molecule has 0 aromatic carbocycles. The topological polar surface area (TPSA) is 89.9 Å². The van der Waals surface area contributed by atoms with Crippen LogP contribution in [0.5, 0.6) is 0 Å². The van der Waals surface area contributed by atoms with Crippen LogP contribution in [0.25, 0.3) is 0 Å². The second-order valence-corrected chi connectivity index (χ2v) is 8.79. The van der Waals surface area contributed by atoms with Gasteiger partial charge in [-0.15, -0.1) is 0 Å². The average molecular weight is 370 g/mol. The lowest BCUT2D eigenvalue weighted by molar-refractivity contribution is -0.165. The third kappa shape index (κ3) is 6.61.